The molecule has 0 aliphatic carbocycles. The monoisotopic (exact) mass is 406 g/mol. The van der Waals surface area contributed by atoms with E-state index in [-0.39, 0.29) is 25.6 Å². The highest BCUT2D eigenvalue weighted by Gasteiger charge is 2.62. The number of nitrogens with zero attached hydrogens (tertiary/aromatic N) is 3. The van der Waals surface area contributed by atoms with Gasteiger partial charge in [0.05, 0.1) is 19.2 Å². The fraction of sp³-hybridized carbons (Fsp3) is 0.526. The van der Waals surface area contributed by atoms with Gasteiger partial charge in [-0.1, -0.05) is 17.7 Å². The first-order valence-corrected chi connectivity index (χ1v) is 9.67. The van der Waals surface area contributed by atoms with Crippen LogP contribution in [0.3, 0.4) is 0 Å². The van der Waals surface area contributed by atoms with E-state index in [1.54, 1.807) is 6.07 Å². The largest absolute Gasteiger partial charge is 0.383 e. The van der Waals surface area contributed by atoms with Crippen molar-refractivity contribution in [1.82, 2.24) is 15.1 Å². The number of hydrogen-bond donors (Lipinski definition) is 1. The fourth-order valence-electron chi connectivity index (χ4n) is 4.56. The maximum atomic E-state index is 13.6. The van der Waals surface area contributed by atoms with Gasteiger partial charge in [-0.25, -0.2) is 4.79 Å². The predicted octanol–water partition coefficient (Wildman–Crippen LogP) is 0.728. The SMILES string of the molecule is COCCN1C(=O)NC(=O)[C@@]2(Cc3c(Cl)cccc3N3CCN(C)C[C@H]32)C1=O. The number of methoxy groups -OCH3 is 1. The number of fused-ring (bicyclic) bond motifs is 4. The summed E-state index contributed by atoms with van der Waals surface area (Å²) in [6, 6.07) is 4.54. The lowest BCUT2D eigenvalue weighted by Gasteiger charge is -2.55. The molecule has 1 aromatic carbocycles. The van der Waals surface area contributed by atoms with Gasteiger partial charge in [-0.05, 0) is 24.7 Å². The van der Waals surface area contributed by atoms with E-state index in [0.29, 0.717) is 18.1 Å². The summed E-state index contributed by atoms with van der Waals surface area (Å²) in [7, 11) is 3.47. The normalized spacial score (nSPS) is 27.7. The average Bonchev–Trinajstić information content (AvgIpc) is 2.66. The second-order valence-corrected chi connectivity index (χ2v) is 7.97. The quantitative estimate of drug-likeness (QED) is 0.745. The van der Waals surface area contributed by atoms with Crippen molar-refractivity contribution < 1.29 is 19.1 Å². The van der Waals surface area contributed by atoms with E-state index in [1.807, 2.05) is 19.2 Å². The van der Waals surface area contributed by atoms with Gasteiger partial charge in [0.2, 0.25) is 11.8 Å². The second-order valence-electron chi connectivity index (χ2n) is 7.57. The van der Waals surface area contributed by atoms with Gasteiger partial charge in [0.25, 0.3) is 0 Å². The van der Waals surface area contributed by atoms with E-state index in [2.05, 4.69) is 15.1 Å². The first-order chi connectivity index (χ1) is 13.4. The summed E-state index contributed by atoms with van der Waals surface area (Å²) in [5, 5.41) is 2.93. The third-order valence-electron chi connectivity index (χ3n) is 6.03. The minimum atomic E-state index is -1.41. The van der Waals surface area contributed by atoms with E-state index in [1.165, 1.54) is 7.11 Å². The molecule has 4 rings (SSSR count). The number of halogens is 1. The summed E-state index contributed by atoms with van der Waals surface area (Å²) >= 11 is 6.47. The van der Waals surface area contributed by atoms with E-state index in [0.717, 1.165) is 22.7 Å². The molecule has 0 aromatic heterocycles. The van der Waals surface area contributed by atoms with E-state index < -0.39 is 23.3 Å². The molecule has 0 bridgehead atoms. The number of ether oxygens (including phenoxy) is 1. The number of amides is 4. The number of imide groups is 2. The number of urea groups is 1. The number of hydrogen-bond acceptors (Lipinski definition) is 6. The molecule has 150 valence electrons. The third-order valence-corrected chi connectivity index (χ3v) is 6.38. The summed E-state index contributed by atoms with van der Waals surface area (Å²) in [6.07, 6.45) is 0.165. The van der Waals surface area contributed by atoms with Crippen LogP contribution in [-0.2, 0) is 20.7 Å². The van der Waals surface area contributed by atoms with Crippen molar-refractivity contribution in [3.05, 3.63) is 28.8 Å². The van der Waals surface area contributed by atoms with Crippen LogP contribution in [0.5, 0.6) is 0 Å². The van der Waals surface area contributed by atoms with Crippen molar-refractivity contribution >= 4 is 35.1 Å². The summed E-state index contributed by atoms with van der Waals surface area (Å²) < 4.78 is 5.04. The highest BCUT2D eigenvalue weighted by molar-refractivity contribution is 6.32. The Morgan fingerprint density at radius 2 is 2.07 bits per heavy atom. The zero-order chi connectivity index (χ0) is 20.1. The average molecular weight is 407 g/mol. The topological polar surface area (TPSA) is 82.2 Å². The molecule has 3 aliphatic rings. The zero-order valence-corrected chi connectivity index (χ0v) is 16.7. The summed E-state index contributed by atoms with van der Waals surface area (Å²) in [5.74, 6) is -1.03. The molecular weight excluding hydrogens is 384 g/mol. The molecule has 8 nitrogen and oxygen atoms in total. The number of anilines is 1. The Balaban J connectivity index is 1.85. The predicted molar refractivity (Wildman–Crippen MR) is 103 cm³/mol. The van der Waals surface area contributed by atoms with Crippen LogP contribution in [0.1, 0.15) is 5.56 Å². The Bertz CT molecular complexity index is 847. The molecule has 28 heavy (non-hydrogen) atoms. The summed E-state index contributed by atoms with van der Waals surface area (Å²) in [4.78, 5) is 44.5. The number of carbonyl (C=O) groups is 3. The molecule has 4 amide bonds. The molecular formula is C19H23ClN4O4. The van der Waals surface area contributed by atoms with Crippen molar-refractivity contribution in [1.29, 1.82) is 0 Å². The van der Waals surface area contributed by atoms with Crippen LogP contribution < -0.4 is 10.2 Å². The van der Waals surface area contributed by atoms with Gasteiger partial charge >= 0.3 is 6.03 Å². The molecule has 1 aromatic rings. The molecule has 0 unspecified atom stereocenters. The first kappa shape index (κ1) is 19.2. The Kier molecular flexibility index (Phi) is 4.81. The van der Waals surface area contributed by atoms with Crippen molar-refractivity contribution in [2.24, 2.45) is 5.41 Å². The highest BCUT2D eigenvalue weighted by Crippen LogP contribution is 2.47. The van der Waals surface area contributed by atoms with Gasteiger partial charge in [0, 0.05) is 43.9 Å². The zero-order valence-electron chi connectivity index (χ0n) is 15.9. The minimum absolute atomic E-state index is 0.0914. The third kappa shape index (κ3) is 2.70. The molecule has 9 heteroatoms. The van der Waals surface area contributed by atoms with Gasteiger partial charge in [-0.3, -0.25) is 19.8 Å². The number of likely N-dealkylation sites (N-methyl/N-ethyl adjacent to an activating group) is 1. The summed E-state index contributed by atoms with van der Waals surface area (Å²) in [5.41, 5.74) is 0.320. The van der Waals surface area contributed by atoms with Crippen LogP contribution >= 0.6 is 11.6 Å². The first-order valence-electron chi connectivity index (χ1n) is 9.29. The lowest BCUT2D eigenvalue weighted by molar-refractivity contribution is -0.154. The van der Waals surface area contributed by atoms with Crippen LogP contribution in [0.15, 0.2) is 18.2 Å². The number of nitrogens with one attached hydrogen (secondary N) is 1. The lowest BCUT2D eigenvalue weighted by atomic mass is 9.67. The van der Waals surface area contributed by atoms with Crippen molar-refractivity contribution in [3.63, 3.8) is 0 Å². The molecule has 0 saturated carbocycles. The van der Waals surface area contributed by atoms with E-state index in [9.17, 15) is 14.4 Å². The lowest BCUT2D eigenvalue weighted by Crippen LogP contribution is -2.75. The smallest absolute Gasteiger partial charge is 0.330 e. The fourth-order valence-corrected chi connectivity index (χ4v) is 4.80. The van der Waals surface area contributed by atoms with Crippen LogP contribution in [0.2, 0.25) is 5.02 Å². The molecule has 2 atom stereocenters. The van der Waals surface area contributed by atoms with Gasteiger partial charge in [-0.2, -0.15) is 0 Å². The molecule has 0 radical (unpaired) electrons. The van der Waals surface area contributed by atoms with Crippen LogP contribution in [-0.4, -0.2) is 80.6 Å². The van der Waals surface area contributed by atoms with Gasteiger partial charge < -0.3 is 14.5 Å². The van der Waals surface area contributed by atoms with Crippen molar-refractivity contribution in [3.8, 4) is 0 Å². The standard InChI is InChI=1S/C19H23ClN4O4/c1-22-6-7-23-14-5-3-4-13(20)12(14)10-19(15(23)11-22)16(25)21-18(27)24(17(19)26)8-9-28-2/h3-5,15H,6-11H2,1-2H3,(H,21,25,27)/t15-,19-/m0/s1. The van der Waals surface area contributed by atoms with Gasteiger partial charge in [0.1, 0.15) is 0 Å². The number of benzene rings is 1. The number of barbiturate groups is 1. The second kappa shape index (κ2) is 7.02. The Labute approximate surface area is 168 Å². The van der Waals surface area contributed by atoms with Crippen LogP contribution in [0, 0.1) is 5.41 Å². The molecule has 1 N–H and O–H groups in total. The van der Waals surface area contributed by atoms with Gasteiger partial charge in [0.15, 0.2) is 5.41 Å². The maximum absolute atomic E-state index is 13.6. The molecule has 3 heterocycles. The van der Waals surface area contributed by atoms with E-state index >= 15 is 0 Å². The van der Waals surface area contributed by atoms with Crippen molar-refractivity contribution in [2.75, 3.05) is 51.8 Å². The molecule has 3 aliphatic heterocycles. The Hall–Kier alpha value is -2.16. The van der Waals surface area contributed by atoms with Crippen LogP contribution in [0.25, 0.3) is 0 Å². The van der Waals surface area contributed by atoms with E-state index in [4.69, 9.17) is 16.3 Å². The number of carbonyl (C=O) groups excluding carboxylic acids is 3. The Morgan fingerprint density at radius 3 is 2.82 bits per heavy atom. The van der Waals surface area contributed by atoms with Crippen molar-refractivity contribution in [2.45, 2.75) is 12.5 Å². The molecule has 2 saturated heterocycles. The maximum Gasteiger partial charge on any atom is 0.330 e. The number of piperazine rings is 1. The highest BCUT2D eigenvalue weighted by atomic mass is 35.5. The Morgan fingerprint density at radius 1 is 1.29 bits per heavy atom. The minimum Gasteiger partial charge on any atom is -0.383 e. The summed E-state index contributed by atoms with van der Waals surface area (Å²) in [6.45, 7) is 2.31. The molecule has 2 fully saturated rings. The number of rotatable bonds is 3. The van der Waals surface area contributed by atoms with Crippen LogP contribution in [0.4, 0.5) is 10.5 Å². The van der Waals surface area contributed by atoms with Gasteiger partial charge in [-0.15, -0.1) is 0 Å². The molecule has 1 spiro atoms.